The number of H-pyrrole nitrogens is 2. The van der Waals surface area contributed by atoms with Crippen molar-refractivity contribution in [3.63, 3.8) is 0 Å². The lowest BCUT2D eigenvalue weighted by Crippen LogP contribution is -2.29. The highest BCUT2D eigenvalue weighted by Crippen LogP contribution is 2.38. The van der Waals surface area contributed by atoms with E-state index in [0.29, 0.717) is 17.9 Å². The minimum atomic E-state index is 0.0745. The van der Waals surface area contributed by atoms with Crippen LogP contribution in [0.5, 0.6) is 0 Å². The van der Waals surface area contributed by atoms with E-state index in [1.54, 1.807) is 7.11 Å². The SMILES string of the molecule is CC.CO[C@H]1CN(C(=O)c2ccc3[nH]c(-c4n[nH]c5c4CCC(C)(C)C5)cc3c2)C[C@H]1C. The zero-order valence-corrected chi connectivity index (χ0v) is 20.2. The van der Waals surface area contributed by atoms with Crippen LogP contribution >= 0.6 is 0 Å². The maximum absolute atomic E-state index is 13.0. The van der Waals surface area contributed by atoms with Gasteiger partial charge in [-0.05, 0) is 48.9 Å². The zero-order valence-electron chi connectivity index (χ0n) is 20.2. The minimum Gasteiger partial charge on any atom is -0.379 e. The van der Waals surface area contributed by atoms with Crippen LogP contribution in [-0.4, -0.2) is 52.3 Å². The highest BCUT2D eigenvalue weighted by molar-refractivity contribution is 5.99. The third kappa shape index (κ3) is 4.08. The Hall–Kier alpha value is -2.60. The number of hydrogen-bond acceptors (Lipinski definition) is 3. The molecule has 172 valence electrons. The maximum atomic E-state index is 13.0. The van der Waals surface area contributed by atoms with Crippen molar-refractivity contribution in [1.82, 2.24) is 20.1 Å². The lowest BCUT2D eigenvalue weighted by molar-refractivity contribution is 0.0693. The van der Waals surface area contributed by atoms with Gasteiger partial charge in [0.15, 0.2) is 0 Å². The van der Waals surface area contributed by atoms with Crippen molar-refractivity contribution in [2.24, 2.45) is 11.3 Å². The van der Waals surface area contributed by atoms with Gasteiger partial charge in [-0.2, -0.15) is 5.10 Å². The van der Waals surface area contributed by atoms with E-state index in [2.05, 4.69) is 42.0 Å². The highest BCUT2D eigenvalue weighted by Gasteiger charge is 2.33. The predicted molar refractivity (Wildman–Crippen MR) is 129 cm³/mol. The van der Waals surface area contributed by atoms with Crippen molar-refractivity contribution < 1.29 is 9.53 Å². The second-order valence-corrected chi connectivity index (χ2v) is 9.82. The lowest BCUT2D eigenvalue weighted by atomic mass is 9.76. The molecule has 3 aromatic rings. The van der Waals surface area contributed by atoms with E-state index in [9.17, 15) is 4.79 Å². The number of amides is 1. The van der Waals surface area contributed by atoms with Crippen LogP contribution in [0.3, 0.4) is 0 Å². The molecule has 5 rings (SSSR count). The first-order chi connectivity index (χ1) is 15.3. The monoisotopic (exact) mass is 436 g/mol. The number of hydrogen-bond donors (Lipinski definition) is 2. The number of nitrogens with one attached hydrogen (secondary N) is 2. The van der Waals surface area contributed by atoms with Gasteiger partial charge in [0, 0.05) is 53.8 Å². The van der Waals surface area contributed by atoms with E-state index < -0.39 is 0 Å². The molecular formula is C26H36N4O2. The number of nitrogens with zero attached hydrogens (tertiary/aromatic N) is 2. The maximum Gasteiger partial charge on any atom is 0.253 e. The van der Waals surface area contributed by atoms with E-state index in [-0.39, 0.29) is 12.0 Å². The summed E-state index contributed by atoms with van der Waals surface area (Å²) in [6.07, 6.45) is 3.36. The van der Waals surface area contributed by atoms with Gasteiger partial charge in [0.25, 0.3) is 5.91 Å². The van der Waals surface area contributed by atoms with Gasteiger partial charge in [0.1, 0.15) is 5.69 Å². The van der Waals surface area contributed by atoms with E-state index in [1.807, 2.05) is 36.9 Å². The van der Waals surface area contributed by atoms with E-state index >= 15 is 0 Å². The molecule has 2 atom stereocenters. The summed E-state index contributed by atoms with van der Waals surface area (Å²) in [6.45, 7) is 12.2. The number of rotatable bonds is 3. The van der Waals surface area contributed by atoms with Crippen molar-refractivity contribution in [1.29, 1.82) is 0 Å². The van der Waals surface area contributed by atoms with Gasteiger partial charge >= 0.3 is 0 Å². The summed E-state index contributed by atoms with van der Waals surface area (Å²) in [5.41, 5.74) is 6.69. The third-order valence-electron chi connectivity index (χ3n) is 6.92. The summed E-state index contributed by atoms with van der Waals surface area (Å²) < 4.78 is 5.50. The average molecular weight is 437 g/mol. The molecule has 6 heteroatoms. The number of methoxy groups -OCH3 is 1. The summed E-state index contributed by atoms with van der Waals surface area (Å²) in [7, 11) is 1.72. The van der Waals surface area contributed by atoms with Gasteiger partial charge in [-0.1, -0.05) is 34.6 Å². The van der Waals surface area contributed by atoms with Gasteiger partial charge in [-0.3, -0.25) is 9.89 Å². The van der Waals surface area contributed by atoms with E-state index in [0.717, 1.165) is 47.2 Å². The van der Waals surface area contributed by atoms with Crippen LogP contribution in [0.4, 0.5) is 0 Å². The zero-order chi connectivity index (χ0) is 23.0. The first kappa shape index (κ1) is 22.6. The van der Waals surface area contributed by atoms with Crippen LogP contribution < -0.4 is 0 Å². The Kier molecular flexibility index (Phi) is 6.17. The Balaban J connectivity index is 0.00000119. The lowest BCUT2D eigenvalue weighted by Gasteiger charge is -2.28. The number of benzene rings is 1. The summed E-state index contributed by atoms with van der Waals surface area (Å²) in [5.74, 6) is 0.433. The molecule has 1 fully saturated rings. The summed E-state index contributed by atoms with van der Waals surface area (Å²) >= 11 is 0. The first-order valence-electron chi connectivity index (χ1n) is 11.9. The van der Waals surface area contributed by atoms with Crippen LogP contribution in [-0.2, 0) is 17.6 Å². The molecular weight excluding hydrogens is 400 g/mol. The second-order valence-electron chi connectivity index (χ2n) is 9.82. The molecule has 2 aliphatic rings. The molecule has 2 N–H and O–H groups in total. The molecule has 0 bridgehead atoms. The van der Waals surface area contributed by atoms with Crippen LogP contribution in [0.15, 0.2) is 24.3 Å². The van der Waals surface area contributed by atoms with Gasteiger partial charge in [0.2, 0.25) is 0 Å². The predicted octanol–water partition coefficient (Wildman–Crippen LogP) is 5.21. The molecule has 32 heavy (non-hydrogen) atoms. The second kappa shape index (κ2) is 8.74. The van der Waals surface area contributed by atoms with Crippen LogP contribution in [0.2, 0.25) is 0 Å². The number of aromatic nitrogens is 3. The van der Waals surface area contributed by atoms with Crippen molar-refractivity contribution in [3.05, 3.63) is 41.1 Å². The Labute approximate surface area is 190 Å². The minimum absolute atomic E-state index is 0.0745. The van der Waals surface area contributed by atoms with Gasteiger partial charge in [-0.15, -0.1) is 0 Å². The van der Waals surface area contributed by atoms with Gasteiger partial charge < -0.3 is 14.6 Å². The number of ether oxygens (including phenoxy) is 1. The van der Waals surface area contributed by atoms with Gasteiger partial charge in [-0.25, -0.2) is 0 Å². The van der Waals surface area contributed by atoms with Gasteiger partial charge in [0.05, 0.1) is 11.8 Å². The van der Waals surface area contributed by atoms with E-state index in [1.165, 1.54) is 17.7 Å². The van der Waals surface area contributed by atoms with Crippen molar-refractivity contribution in [3.8, 4) is 11.4 Å². The Morgan fingerprint density at radius 1 is 1.22 bits per heavy atom. The van der Waals surface area contributed by atoms with E-state index in [4.69, 9.17) is 4.74 Å². The number of aromatic amines is 2. The van der Waals surface area contributed by atoms with Crippen LogP contribution in [0.25, 0.3) is 22.3 Å². The molecule has 3 heterocycles. The molecule has 1 aliphatic carbocycles. The average Bonchev–Trinajstić information content (AvgIpc) is 3.48. The molecule has 0 radical (unpaired) electrons. The summed E-state index contributed by atoms with van der Waals surface area (Å²) in [4.78, 5) is 18.4. The smallest absolute Gasteiger partial charge is 0.253 e. The normalized spacial score (nSPS) is 21.9. The standard InChI is InChI=1S/C24H30N4O2.C2H6/c1-14-12-28(13-21(14)30-4)23(29)15-5-6-18-16(9-15)10-19(25-18)22-17-7-8-24(2,3)11-20(17)26-27-22;1-2/h5-6,9-10,14,21,25H,7-8,11-13H2,1-4H3,(H,26,27);1-2H3/t14-,21+;/m1./s1. The third-order valence-corrected chi connectivity index (χ3v) is 6.92. The van der Waals surface area contributed by atoms with Crippen molar-refractivity contribution >= 4 is 16.8 Å². The van der Waals surface area contributed by atoms with Crippen LogP contribution in [0, 0.1) is 11.3 Å². The number of fused-ring (bicyclic) bond motifs is 2. The van der Waals surface area contributed by atoms with Crippen molar-refractivity contribution in [2.45, 2.75) is 60.0 Å². The highest BCUT2D eigenvalue weighted by atomic mass is 16.5. The number of likely N-dealkylation sites (tertiary alicyclic amines) is 1. The Morgan fingerprint density at radius 3 is 2.72 bits per heavy atom. The largest absolute Gasteiger partial charge is 0.379 e. The molecule has 0 unspecified atom stereocenters. The molecule has 0 saturated carbocycles. The topological polar surface area (TPSA) is 74.0 Å². The summed E-state index contributed by atoms with van der Waals surface area (Å²) in [5, 5.41) is 8.93. The fourth-order valence-electron chi connectivity index (χ4n) is 5.06. The first-order valence-corrected chi connectivity index (χ1v) is 11.9. The quantitative estimate of drug-likeness (QED) is 0.592. The molecule has 2 aromatic heterocycles. The van der Waals surface area contributed by atoms with Crippen molar-refractivity contribution in [2.75, 3.05) is 20.2 Å². The fraction of sp³-hybridized carbons (Fsp3) is 0.538. The molecule has 0 spiro atoms. The summed E-state index contributed by atoms with van der Waals surface area (Å²) in [6, 6.07) is 8.03. The number of carbonyl (C=O) groups is 1. The van der Waals surface area contributed by atoms with Crippen LogP contribution in [0.1, 0.15) is 62.7 Å². The number of carbonyl (C=O) groups excluding carboxylic acids is 1. The molecule has 1 saturated heterocycles. The molecule has 6 nitrogen and oxygen atoms in total. The molecule has 1 aliphatic heterocycles. The molecule has 1 amide bonds. The Morgan fingerprint density at radius 2 is 2.00 bits per heavy atom. The fourth-order valence-corrected chi connectivity index (χ4v) is 5.06. The molecule has 1 aromatic carbocycles. The Bertz CT molecular complexity index is 1110.